The second-order valence-corrected chi connectivity index (χ2v) is 15.5. The number of nitrogens with zero attached hydrogens (tertiary/aromatic N) is 1. The lowest BCUT2D eigenvalue weighted by atomic mass is 10.2. The van der Waals surface area contributed by atoms with E-state index < -0.39 is 30.1 Å². The van der Waals surface area contributed by atoms with Crippen LogP contribution in [0.15, 0.2) is 29.2 Å². The number of rotatable bonds is 5. The average Bonchev–Trinajstić information content (AvgIpc) is 2.96. The molecule has 0 bridgehead atoms. The zero-order valence-electron chi connectivity index (χ0n) is 17.3. The van der Waals surface area contributed by atoms with Crippen molar-refractivity contribution in [3.63, 3.8) is 0 Å². The number of hydrogen-bond acceptors (Lipinski definition) is 3. The molecule has 0 spiro atoms. The molecule has 4 nitrogen and oxygen atoms in total. The molecule has 0 aliphatic carbocycles. The van der Waals surface area contributed by atoms with Crippen molar-refractivity contribution < 1.29 is 26.0 Å². The molecule has 1 aromatic carbocycles. The largest absolute Gasteiger partial charge is 0.416 e. The standard InChI is InChI=1S/C19H30F3NO3SSi/c1-7-15-12-16(26-28(5,6)18(2,3)4)13-23(15)27(24,25)17-10-8-14(9-11-17)19(20,21)22/h8-11,15-16H,7,12-13H2,1-6H3/t15-,16+/m1/s1. The van der Waals surface area contributed by atoms with Crippen LogP contribution in [0.4, 0.5) is 13.2 Å². The summed E-state index contributed by atoms with van der Waals surface area (Å²) in [4.78, 5) is -0.119. The van der Waals surface area contributed by atoms with Crippen molar-refractivity contribution in [1.29, 1.82) is 0 Å². The third-order valence-electron chi connectivity index (χ3n) is 5.85. The van der Waals surface area contributed by atoms with E-state index in [1.54, 1.807) is 0 Å². The Labute approximate surface area is 167 Å². The van der Waals surface area contributed by atoms with Gasteiger partial charge in [0.15, 0.2) is 8.32 Å². The molecule has 0 aromatic heterocycles. The first-order valence-electron chi connectivity index (χ1n) is 9.46. The van der Waals surface area contributed by atoms with Crippen LogP contribution in [0, 0.1) is 0 Å². The molecule has 2 atom stereocenters. The lowest BCUT2D eigenvalue weighted by Crippen LogP contribution is -2.44. The Balaban J connectivity index is 2.25. The van der Waals surface area contributed by atoms with Gasteiger partial charge in [0.1, 0.15) is 0 Å². The van der Waals surface area contributed by atoms with E-state index in [0.717, 1.165) is 24.3 Å². The first-order chi connectivity index (χ1) is 12.6. The Morgan fingerprint density at radius 1 is 1.14 bits per heavy atom. The van der Waals surface area contributed by atoms with Crippen LogP contribution >= 0.6 is 0 Å². The third kappa shape index (κ3) is 4.80. The third-order valence-corrected chi connectivity index (χ3v) is 12.3. The van der Waals surface area contributed by atoms with Gasteiger partial charge in [0.2, 0.25) is 10.0 Å². The number of sulfonamides is 1. The first kappa shape index (κ1) is 23.4. The van der Waals surface area contributed by atoms with Crippen LogP contribution in [0.2, 0.25) is 18.1 Å². The van der Waals surface area contributed by atoms with Gasteiger partial charge in [-0.2, -0.15) is 17.5 Å². The van der Waals surface area contributed by atoms with Crippen molar-refractivity contribution in [2.75, 3.05) is 6.54 Å². The van der Waals surface area contributed by atoms with E-state index in [1.165, 1.54) is 4.31 Å². The van der Waals surface area contributed by atoms with E-state index in [4.69, 9.17) is 4.43 Å². The molecule has 1 aromatic rings. The van der Waals surface area contributed by atoms with Crippen molar-refractivity contribution in [2.45, 2.75) is 81.9 Å². The van der Waals surface area contributed by atoms with Crippen molar-refractivity contribution in [2.24, 2.45) is 0 Å². The van der Waals surface area contributed by atoms with Crippen LogP contribution in [0.25, 0.3) is 0 Å². The van der Waals surface area contributed by atoms with Crippen molar-refractivity contribution in [3.05, 3.63) is 29.8 Å². The highest BCUT2D eigenvalue weighted by molar-refractivity contribution is 7.89. The fraction of sp³-hybridized carbons (Fsp3) is 0.684. The molecule has 1 aliphatic rings. The lowest BCUT2D eigenvalue weighted by Gasteiger charge is -2.38. The minimum absolute atomic E-state index is 0.00837. The van der Waals surface area contributed by atoms with E-state index in [-0.39, 0.29) is 28.6 Å². The molecule has 160 valence electrons. The maximum absolute atomic E-state index is 13.1. The molecule has 1 aliphatic heterocycles. The Morgan fingerprint density at radius 3 is 2.11 bits per heavy atom. The average molecular weight is 438 g/mol. The normalized spacial score (nSPS) is 22.6. The van der Waals surface area contributed by atoms with Crippen LogP contribution < -0.4 is 0 Å². The van der Waals surface area contributed by atoms with Gasteiger partial charge in [-0.25, -0.2) is 8.42 Å². The van der Waals surface area contributed by atoms with Crippen LogP contribution in [0.5, 0.6) is 0 Å². The second kappa shape index (κ2) is 7.74. The van der Waals surface area contributed by atoms with Gasteiger partial charge in [0.25, 0.3) is 0 Å². The Bertz CT molecular complexity index is 786. The number of benzene rings is 1. The summed E-state index contributed by atoms with van der Waals surface area (Å²) in [6, 6.07) is 3.47. The van der Waals surface area contributed by atoms with Gasteiger partial charge < -0.3 is 4.43 Å². The highest BCUT2D eigenvalue weighted by Gasteiger charge is 2.45. The van der Waals surface area contributed by atoms with Gasteiger partial charge in [0.05, 0.1) is 16.6 Å². The molecule has 0 N–H and O–H groups in total. The molecule has 0 amide bonds. The summed E-state index contributed by atoms with van der Waals surface area (Å²) >= 11 is 0. The Hall–Kier alpha value is -0.903. The highest BCUT2D eigenvalue weighted by Crippen LogP contribution is 2.40. The summed E-state index contributed by atoms with van der Waals surface area (Å²) in [5.41, 5.74) is -0.862. The van der Waals surface area contributed by atoms with E-state index in [2.05, 4.69) is 33.9 Å². The lowest BCUT2D eigenvalue weighted by molar-refractivity contribution is -0.137. The van der Waals surface area contributed by atoms with E-state index in [0.29, 0.717) is 12.8 Å². The molecular formula is C19H30F3NO3SSi. The smallest absolute Gasteiger partial charge is 0.413 e. The number of halogens is 3. The van der Waals surface area contributed by atoms with Crippen LogP contribution in [-0.2, 0) is 20.6 Å². The molecular weight excluding hydrogens is 407 g/mol. The number of hydrogen-bond donors (Lipinski definition) is 0. The topological polar surface area (TPSA) is 46.6 Å². The van der Waals surface area contributed by atoms with Crippen molar-refractivity contribution >= 4 is 18.3 Å². The summed E-state index contributed by atoms with van der Waals surface area (Å²) < 4.78 is 72.2. The highest BCUT2D eigenvalue weighted by atomic mass is 32.2. The minimum atomic E-state index is -4.50. The van der Waals surface area contributed by atoms with Crippen LogP contribution in [0.1, 0.15) is 46.1 Å². The van der Waals surface area contributed by atoms with Crippen molar-refractivity contribution in [1.82, 2.24) is 4.31 Å². The monoisotopic (exact) mass is 437 g/mol. The number of alkyl halides is 3. The molecule has 2 rings (SSSR count). The summed E-state index contributed by atoms with van der Waals surface area (Å²) in [5, 5.41) is 0.00837. The summed E-state index contributed by atoms with van der Waals surface area (Å²) in [6.45, 7) is 12.8. The fourth-order valence-corrected chi connectivity index (χ4v) is 6.24. The Morgan fingerprint density at radius 2 is 1.68 bits per heavy atom. The van der Waals surface area contributed by atoms with Gasteiger partial charge >= 0.3 is 6.18 Å². The molecule has 9 heteroatoms. The summed E-state index contributed by atoms with van der Waals surface area (Å²) in [7, 11) is -5.94. The maximum Gasteiger partial charge on any atom is 0.416 e. The molecule has 28 heavy (non-hydrogen) atoms. The fourth-order valence-electron chi connectivity index (χ4n) is 3.14. The second-order valence-electron chi connectivity index (χ2n) is 8.89. The SMILES string of the molecule is CC[C@@H]1C[C@H](O[Si](C)(C)C(C)(C)C)CN1S(=O)(=O)c1ccc(C(F)(F)F)cc1. The van der Waals surface area contributed by atoms with Gasteiger partial charge in [0, 0.05) is 12.6 Å². The summed E-state index contributed by atoms with van der Waals surface area (Å²) in [5.74, 6) is 0. The van der Waals surface area contributed by atoms with Crippen LogP contribution in [-0.4, -0.2) is 39.7 Å². The molecule has 0 radical (unpaired) electrons. The zero-order chi connectivity index (χ0) is 21.5. The maximum atomic E-state index is 13.1. The minimum Gasteiger partial charge on any atom is -0.413 e. The van der Waals surface area contributed by atoms with Crippen LogP contribution in [0.3, 0.4) is 0 Å². The van der Waals surface area contributed by atoms with Crippen molar-refractivity contribution in [3.8, 4) is 0 Å². The molecule has 1 heterocycles. The predicted octanol–water partition coefficient (Wildman–Crippen LogP) is 5.27. The van der Waals surface area contributed by atoms with Gasteiger partial charge in [-0.05, 0) is 55.2 Å². The van der Waals surface area contributed by atoms with Gasteiger partial charge in [-0.15, -0.1) is 0 Å². The van der Waals surface area contributed by atoms with E-state index in [9.17, 15) is 21.6 Å². The first-order valence-corrected chi connectivity index (χ1v) is 13.8. The molecule has 0 saturated carbocycles. The molecule has 0 unspecified atom stereocenters. The van der Waals surface area contributed by atoms with E-state index in [1.807, 2.05) is 6.92 Å². The molecule has 1 fully saturated rings. The van der Waals surface area contributed by atoms with Gasteiger partial charge in [-0.3, -0.25) is 0 Å². The van der Waals surface area contributed by atoms with Gasteiger partial charge in [-0.1, -0.05) is 27.7 Å². The summed E-state index contributed by atoms with van der Waals surface area (Å²) in [6.07, 6.45) is -3.47. The Kier molecular flexibility index (Phi) is 6.46. The van der Waals surface area contributed by atoms with E-state index >= 15 is 0 Å². The predicted molar refractivity (Wildman–Crippen MR) is 106 cm³/mol. The molecule has 1 saturated heterocycles. The zero-order valence-corrected chi connectivity index (χ0v) is 19.1. The quantitative estimate of drug-likeness (QED) is 0.590.